The monoisotopic (exact) mass is 411 g/mol. The van der Waals surface area contributed by atoms with E-state index in [0.29, 0.717) is 27.4 Å². The second-order valence-corrected chi connectivity index (χ2v) is 6.76. The Bertz CT molecular complexity index is 738. The SMILES string of the molecule is COc1ccc(Br)c(C(=O)NC[C@](C)(OC)c2cccc(Cl)c2)c1. The maximum absolute atomic E-state index is 12.5. The van der Waals surface area contributed by atoms with Gasteiger partial charge in [0.25, 0.3) is 5.91 Å². The third-order valence-corrected chi connectivity index (χ3v) is 4.82. The van der Waals surface area contributed by atoms with Gasteiger partial charge in [-0.1, -0.05) is 23.7 Å². The van der Waals surface area contributed by atoms with Gasteiger partial charge in [0.15, 0.2) is 0 Å². The topological polar surface area (TPSA) is 47.6 Å². The molecule has 0 bridgehead atoms. The lowest BCUT2D eigenvalue weighted by atomic mass is 9.95. The lowest BCUT2D eigenvalue weighted by Crippen LogP contribution is -2.40. The summed E-state index contributed by atoms with van der Waals surface area (Å²) in [5.74, 6) is 0.402. The van der Waals surface area contributed by atoms with Crippen LogP contribution in [0.3, 0.4) is 0 Å². The Labute approximate surface area is 155 Å². The molecule has 0 aromatic heterocycles. The first-order chi connectivity index (χ1) is 11.4. The van der Waals surface area contributed by atoms with E-state index >= 15 is 0 Å². The number of carbonyl (C=O) groups is 1. The van der Waals surface area contributed by atoms with Crippen LogP contribution in [0.15, 0.2) is 46.9 Å². The average Bonchev–Trinajstić information content (AvgIpc) is 2.59. The van der Waals surface area contributed by atoms with E-state index < -0.39 is 5.60 Å². The molecule has 6 heteroatoms. The van der Waals surface area contributed by atoms with E-state index in [1.54, 1.807) is 38.5 Å². The number of carbonyl (C=O) groups excluding carboxylic acids is 1. The average molecular weight is 413 g/mol. The van der Waals surface area contributed by atoms with Crippen molar-refractivity contribution in [1.82, 2.24) is 5.32 Å². The first-order valence-electron chi connectivity index (χ1n) is 7.32. The number of methoxy groups -OCH3 is 2. The van der Waals surface area contributed by atoms with Crippen LogP contribution in [-0.4, -0.2) is 26.7 Å². The molecule has 0 aliphatic heterocycles. The standard InChI is InChI=1S/C18H19BrClNO3/c1-18(24-3,12-5-4-6-13(20)9-12)11-21-17(22)15-10-14(23-2)7-8-16(15)19/h4-10H,11H2,1-3H3,(H,21,22)/t18-/m0/s1. The summed E-state index contributed by atoms with van der Waals surface area (Å²) >= 11 is 9.44. The third-order valence-electron chi connectivity index (χ3n) is 3.89. The Morgan fingerprint density at radius 1 is 1.25 bits per heavy atom. The molecule has 2 aromatic rings. The molecule has 0 fully saturated rings. The van der Waals surface area contributed by atoms with E-state index in [-0.39, 0.29) is 5.91 Å². The van der Waals surface area contributed by atoms with Gasteiger partial charge in [0.2, 0.25) is 0 Å². The van der Waals surface area contributed by atoms with Gasteiger partial charge >= 0.3 is 0 Å². The van der Waals surface area contributed by atoms with Crippen LogP contribution in [-0.2, 0) is 10.3 Å². The predicted octanol–water partition coefficient (Wildman–Crippen LogP) is 4.40. The molecule has 128 valence electrons. The van der Waals surface area contributed by atoms with Gasteiger partial charge in [0.1, 0.15) is 11.4 Å². The van der Waals surface area contributed by atoms with Crippen LogP contribution in [0.25, 0.3) is 0 Å². The Morgan fingerprint density at radius 2 is 2.00 bits per heavy atom. The highest BCUT2D eigenvalue weighted by atomic mass is 79.9. The minimum absolute atomic E-state index is 0.217. The molecule has 2 rings (SSSR count). The molecule has 0 saturated heterocycles. The first-order valence-corrected chi connectivity index (χ1v) is 8.49. The molecule has 24 heavy (non-hydrogen) atoms. The van der Waals surface area contributed by atoms with Gasteiger partial charge in [-0.25, -0.2) is 0 Å². The maximum Gasteiger partial charge on any atom is 0.252 e. The van der Waals surface area contributed by atoms with E-state index in [9.17, 15) is 4.79 Å². The van der Waals surface area contributed by atoms with E-state index in [0.717, 1.165) is 5.56 Å². The molecule has 0 heterocycles. The zero-order valence-electron chi connectivity index (χ0n) is 13.7. The van der Waals surface area contributed by atoms with E-state index in [1.807, 2.05) is 25.1 Å². The molecular weight excluding hydrogens is 394 g/mol. The van der Waals surface area contributed by atoms with Crippen molar-refractivity contribution in [3.05, 3.63) is 63.1 Å². The van der Waals surface area contributed by atoms with Gasteiger partial charge in [0, 0.05) is 16.6 Å². The summed E-state index contributed by atoms with van der Waals surface area (Å²) in [5, 5.41) is 3.53. The minimum Gasteiger partial charge on any atom is -0.497 e. The molecule has 0 aliphatic rings. The molecule has 1 atom stereocenters. The largest absolute Gasteiger partial charge is 0.497 e. The fourth-order valence-electron chi connectivity index (χ4n) is 2.26. The number of nitrogens with one attached hydrogen (secondary N) is 1. The summed E-state index contributed by atoms with van der Waals surface area (Å²) in [6.45, 7) is 2.20. The van der Waals surface area contributed by atoms with Crippen LogP contribution < -0.4 is 10.1 Å². The number of rotatable bonds is 6. The van der Waals surface area contributed by atoms with Gasteiger partial charge < -0.3 is 14.8 Å². The van der Waals surface area contributed by atoms with E-state index in [1.165, 1.54) is 0 Å². The number of ether oxygens (including phenoxy) is 2. The van der Waals surface area contributed by atoms with Crippen LogP contribution in [0.2, 0.25) is 5.02 Å². The highest BCUT2D eigenvalue weighted by Gasteiger charge is 2.27. The summed E-state index contributed by atoms with van der Waals surface area (Å²) in [4.78, 5) is 12.5. The number of halogens is 2. The Morgan fingerprint density at radius 3 is 2.62 bits per heavy atom. The number of amides is 1. The minimum atomic E-state index is -0.689. The van der Waals surface area contributed by atoms with Crippen molar-refractivity contribution >= 4 is 33.4 Å². The van der Waals surface area contributed by atoms with Crippen LogP contribution in [0, 0.1) is 0 Å². The van der Waals surface area contributed by atoms with Crippen LogP contribution in [0.1, 0.15) is 22.8 Å². The Kier molecular flexibility index (Phi) is 6.27. The first kappa shape index (κ1) is 18.8. The van der Waals surface area contributed by atoms with Crippen molar-refractivity contribution < 1.29 is 14.3 Å². The number of benzene rings is 2. The van der Waals surface area contributed by atoms with Gasteiger partial charge in [-0.05, 0) is 58.7 Å². The zero-order chi connectivity index (χ0) is 17.7. The van der Waals surface area contributed by atoms with Crippen molar-refractivity contribution in [2.75, 3.05) is 20.8 Å². The molecule has 1 amide bonds. The maximum atomic E-state index is 12.5. The molecule has 0 spiro atoms. The fraction of sp³-hybridized carbons (Fsp3) is 0.278. The van der Waals surface area contributed by atoms with Crippen molar-refractivity contribution in [3.63, 3.8) is 0 Å². The molecule has 0 unspecified atom stereocenters. The second kappa shape index (κ2) is 8.01. The second-order valence-electron chi connectivity index (χ2n) is 5.47. The van der Waals surface area contributed by atoms with Gasteiger partial charge in [-0.2, -0.15) is 0 Å². The lowest BCUT2D eigenvalue weighted by molar-refractivity contribution is 0.00315. The fourth-order valence-corrected chi connectivity index (χ4v) is 2.88. The Hall–Kier alpha value is -1.56. The van der Waals surface area contributed by atoms with Crippen LogP contribution >= 0.6 is 27.5 Å². The smallest absolute Gasteiger partial charge is 0.252 e. The van der Waals surface area contributed by atoms with Gasteiger partial charge in [0.05, 0.1) is 19.2 Å². The van der Waals surface area contributed by atoms with E-state index in [2.05, 4.69) is 21.2 Å². The van der Waals surface area contributed by atoms with Crippen molar-refractivity contribution in [1.29, 1.82) is 0 Å². The number of hydrogen-bond acceptors (Lipinski definition) is 3. The lowest BCUT2D eigenvalue weighted by Gasteiger charge is -2.29. The highest BCUT2D eigenvalue weighted by molar-refractivity contribution is 9.10. The zero-order valence-corrected chi connectivity index (χ0v) is 16.1. The van der Waals surface area contributed by atoms with Crippen molar-refractivity contribution in [2.45, 2.75) is 12.5 Å². The van der Waals surface area contributed by atoms with Crippen molar-refractivity contribution in [2.24, 2.45) is 0 Å². The van der Waals surface area contributed by atoms with Gasteiger partial charge in [-0.15, -0.1) is 0 Å². The van der Waals surface area contributed by atoms with Crippen molar-refractivity contribution in [3.8, 4) is 5.75 Å². The quantitative estimate of drug-likeness (QED) is 0.765. The predicted molar refractivity (Wildman–Crippen MR) is 98.8 cm³/mol. The van der Waals surface area contributed by atoms with Crippen LogP contribution in [0.4, 0.5) is 0 Å². The summed E-state index contributed by atoms with van der Waals surface area (Å²) in [6.07, 6.45) is 0. The summed E-state index contributed by atoms with van der Waals surface area (Å²) < 4.78 is 11.5. The van der Waals surface area contributed by atoms with Crippen LogP contribution in [0.5, 0.6) is 5.75 Å². The third kappa shape index (κ3) is 4.29. The van der Waals surface area contributed by atoms with Gasteiger partial charge in [-0.3, -0.25) is 4.79 Å². The molecule has 4 nitrogen and oxygen atoms in total. The molecule has 0 radical (unpaired) electrons. The Balaban J connectivity index is 2.17. The molecule has 0 saturated carbocycles. The molecular formula is C18H19BrClNO3. The van der Waals surface area contributed by atoms with E-state index in [4.69, 9.17) is 21.1 Å². The molecule has 1 N–H and O–H groups in total. The molecule has 2 aromatic carbocycles. The summed E-state index contributed by atoms with van der Waals surface area (Å²) in [6, 6.07) is 12.7. The molecule has 0 aliphatic carbocycles. The summed E-state index contributed by atoms with van der Waals surface area (Å²) in [5.41, 5.74) is 0.702. The number of hydrogen-bond donors (Lipinski definition) is 1. The normalized spacial score (nSPS) is 13.2. The highest BCUT2D eigenvalue weighted by Crippen LogP contribution is 2.27. The summed E-state index contributed by atoms with van der Waals surface area (Å²) in [7, 11) is 3.17.